The number of hydrogen-bond acceptors (Lipinski definition) is 2. The third kappa shape index (κ3) is 14.2. The summed E-state index contributed by atoms with van der Waals surface area (Å²) in [6.07, 6.45) is 18.1. The third-order valence-corrected chi connectivity index (χ3v) is 4.67. The Kier molecular flexibility index (Phi) is 17.6. The molecule has 1 aliphatic rings. The van der Waals surface area contributed by atoms with Gasteiger partial charge in [-0.25, -0.2) is 0 Å². The van der Waals surface area contributed by atoms with E-state index in [-0.39, 0.29) is 21.1 Å². The summed E-state index contributed by atoms with van der Waals surface area (Å²) in [5, 5.41) is 0. The molecule has 0 spiro atoms. The molecule has 3 rings (SSSR count). The molecule has 0 unspecified atom stereocenters. The molecule has 0 nitrogen and oxygen atoms in total. The van der Waals surface area contributed by atoms with Crippen molar-refractivity contribution in [3.05, 3.63) is 85.0 Å². The Bertz CT molecular complexity index is 500. The SMILES string of the molecule is C1=CCCC=CCC1.CSc1cc[c-]cc1.CSc1cc[c-]cc1.[Pt+2]. The minimum Gasteiger partial charge on any atom is -0.184 e. The van der Waals surface area contributed by atoms with Crippen molar-refractivity contribution < 1.29 is 21.1 Å². The van der Waals surface area contributed by atoms with E-state index in [0.29, 0.717) is 0 Å². The van der Waals surface area contributed by atoms with Gasteiger partial charge in [-0.2, -0.15) is 84.2 Å². The molecule has 0 aromatic heterocycles. The molecule has 0 saturated carbocycles. The Labute approximate surface area is 176 Å². The van der Waals surface area contributed by atoms with Gasteiger partial charge in [0.05, 0.1) is 0 Å². The molecule has 25 heavy (non-hydrogen) atoms. The van der Waals surface area contributed by atoms with Crippen LogP contribution in [0, 0.1) is 12.1 Å². The van der Waals surface area contributed by atoms with Gasteiger partial charge in [0.2, 0.25) is 0 Å². The Morgan fingerprint density at radius 2 is 0.880 bits per heavy atom. The van der Waals surface area contributed by atoms with Gasteiger partial charge in [-0.05, 0) is 38.2 Å². The normalized spacial score (nSPS) is 12.2. The second-order valence-corrected chi connectivity index (χ2v) is 6.74. The summed E-state index contributed by atoms with van der Waals surface area (Å²) in [6.45, 7) is 0. The van der Waals surface area contributed by atoms with Gasteiger partial charge in [0, 0.05) is 0 Å². The van der Waals surface area contributed by atoms with Gasteiger partial charge < -0.3 is 0 Å². The van der Waals surface area contributed by atoms with Gasteiger partial charge in [0.25, 0.3) is 0 Å². The second-order valence-electron chi connectivity index (χ2n) is 4.98. The molecular formula is C22H26PtS2. The number of hydrogen-bond donors (Lipinski definition) is 0. The predicted molar refractivity (Wildman–Crippen MR) is 111 cm³/mol. The van der Waals surface area contributed by atoms with E-state index in [1.807, 2.05) is 48.5 Å². The molecule has 3 heteroatoms. The minimum atomic E-state index is 0. The maximum atomic E-state index is 2.95. The number of benzene rings is 2. The first kappa shape index (κ1) is 24.3. The third-order valence-electron chi connectivity index (χ3n) is 3.18. The van der Waals surface area contributed by atoms with Crippen LogP contribution in [0.3, 0.4) is 0 Å². The van der Waals surface area contributed by atoms with Crippen LogP contribution in [0.2, 0.25) is 0 Å². The van der Waals surface area contributed by atoms with Crippen molar-refractivity contribution in [2.75, 3.05) is 12.5 Å². The van der Waals surface area contributed by atoms with Gasteiger partial charge in [-0.3, -0.25) is 0 Å². The molecule has 0 bridgehead atoms. The van der Waals surface area contributed by atoms with Crippen LogP contribution in [0.1, 0.15) is 25.7 Å². The van der Waals surface area contributed by atoms with Crippen molar-refractivity contribution in [1.82, 2.24) is 0 Å². The fraction of sp³-hybridized carbons (Fsp3) is 0.273. The van der Waals surface area contributed by atoms with E-state index in [4.69, 9.17) is 0 Å². The monoisotopic (exact) mass is 549 g/mol. The molecule has 0 amide bonds. The summed E-state index contributed by atoms with van der Waals surface area (Å²) >= 11 is 3.50. The van der Waals surface area contributed by atoms with E-state index in [1.54, 1.807) is 23.5 Å². The summed E-state index contributed by atoms with van der Waals surface area (Å²) in [6, 6.07) is 21.8. The van der Waals surface area contributed by atoms with Gasteiger partial charge in [-0.1, -0.05) is 24.3 Å². The smallest absolute Gasteiger partial charge is 0.184 e. The summed E-state index contributed by atoms with van der Waals surface area (Å²) < 4.78 is 0. The molecule has 0 radical (unpaired) electrons. The Morgan fingerprint density at radius 3 is 1.08 bits per heavy atom. The molecule has 0 N–H and O–H groups in total. The van der Waals surface area contributed by atoms with Crippen LogP contribution in [0.15, 0.2) is 82.6 Å². The number of allylic oxidation sites excluding steroid dienone is 4. The average Bonchev–Trinajstić information content (AvgIpc) is 2.63. The topological polar surface area (TPSA) is 0 Å². The van der Waals surface area contributed by atoms with Crippen molar-refractivity contribution in [2.24, 2.45) is 0 Å². The minimum absolute atomic E-state index is 0. The molecule has 0 heterocycles. The van der Waals surface area contributed by atoms with Gasteiger partial charge in [0.1, 0.15) is 0 Å². The second kappa shape index (κ2) is 18.1. The van der Waals surface area contributed by atoms with Crippen molar-refractivity contribution in [2.45, 2.75) is 35.5 Å². The first-order chi connectivity index (χ1) is 11.9. The summed E-state index contributed by atoms with van der Waals surface area (Å²) in [5.41, 5.74) is 0. The number of thioether (sulfide) groups is 2. The van der Waals surface area contributed by atoms with Gasteiger partial charge >= 0.3 is 21.1 Å². The Balaban J connectivity index is 0.000000339. The Morgan fingerprint density at radius 1 is 0.600 bits per heavy atom. The molecule has 1 aliphatic carbocycles. The predicted octanol–water partition coefficient (Wildman–Crippen LogP) is 7.09. The molecule has 136 valence electrons. The fourth-order valence-corrected chi connectivity index (χ4v) is 2.69. The van der Waals surface area contributed by atoms with Crippen LogP contribution in [0.5, 0.6) is 0 Å². The maximum Gasteiger partial charge on any atom is 2.00 e. The van der Waals surface area contributed by atoms with Crippen LogP contribution >= 0.6 is 23.5 Å². The largest absolute Gasteiger partial charge is 2.00 e. The van der Waals surface area contributed by atoms with Gasteiger partial charge in [0.15, 0.2) is 0 Å². The standard InChI is InChI=1S/C8H12.2C7H7S.Pt/c1-2-4-6-8-7-5-3-1;2*1-8-7-5-3-2-4-6-7;/h1-2,7-8H,3-6H2;2*3-6H,1H3;/q;2*-1;+2. The first-order valence-electron chi connectivity index (χ1n) is 8.17. The van der Waals surface area contributed by atoms with E-state index < -0.39 is 0 Å². The zero-order valence-corrected chi connectivity index (χ0v) is 18.8. The molecule has 0 atom stereocenters. The summed E-state index contributed by atoms with van der Waals surface area (Å²) in [4.78, 5) is 2.59. The van der Waals surface area contributed by atoms with E-state index in [1.165, 1.54) is 35.5 Å². The summed E-state index contributed by atoms with van der Waals surface area (Å²) in [5.74, 6) is 0. The quantitative estimate of drug-likeness (QED) is 0.223. The van der Waals surface area contributed by atoms with E-state index in [2.05, 4.69) is 48.9 Å². The molecule has 2 aromatic rings. The average molecular weight is 550 g/mol. The maximum absolute atomic E-state index is 2.95. The zero-order chi connectivity index (χ0) is 17.3. The van der Waals surface area contributed by atoms with Crippen LogP contribution in [-0.4, -0.2) is 12.5 Å². The van der Waals surface area contributed by atoms with E-state index in [9.17, 15) is 0 Å². The van der Waals surface area contributed by atoms with Crippen molar-refractivity contribution in [1.29, 1.82) is 0 Å². The van der Waals surface area contributed by atoms with Crippen LogP contribution in [-0.2, 0) is 21.1 Å². The number of rotatable bonds is 2. The van der Waals surface area contributed by atoms with Crippen molar-refractivity contribution in [3.8, 4) is 0 Å². The Hall–Kier alpha value is -0.692. The van der Waals surface area contributed by atoms with Crippen LogP contribution in [0.4, 0.5) is 0 Å². The van der Waals surface area contributed by atoms with E-state index in [0.717, 1.165) is 0 Å². The van der Waals surface area contributed by atoms with E-state index >= 15 is 0 Å². The van der Waals surface area contributed by atoms with Crippen LogP contribution in [0.25, 0.3) is 0 Å². The summed E-state index contributed by atoms with van der Waals surface area (Å²) in [7, 11) is 0. The molecule has 2 aromatic carbocycles. The van der Waals surface area contributed by atoms with Gasteiger partial charge in [-0.15, -0.1) is 9.79 Å². The molecule has 0 fully saturated rings. The molecular weight excluding hydrogens is 523 g/mol. The van der Waals surface area contributed by atoms with Crippen molar-refractivity contribution >= 4 is 23.5 Å². The van der Waals surface area contributed by atoms with Crippen molar-refractivity contribution in [3.63, 3.8) is 0 Å². The molecule has 0 aliphatic heterocycles. The zero-order valence-electron chi connectivity index (χ0n) is 14.9. The fourth-order valence-electron chi connectivity index (χ4n) is 1.87. The molecule has 0 saturated heterocycles. The first-order valence-corrected chi connectivity index (χ1v) is 10.6. The van der Waals surface area contributed by atoms with Crippen LogP contribution < -0.4 is 0 Å².